The Morgan fingerprint density at radius 1 is 1.13 bits per heavy atom. The lowest BCUT2D eigenvalue weighted by Crippen LogP contribution is -2.32. The van der Waals surface area contributed by atoms with E-state index in [4.69, 9.17) is 9.47 Å². The van der Waals surface area contributed by atoms with Crippen molar-refractivity contribution in [3.05, 3.63) is 62.5 Å². The zero-order valence-corrected chi connectivity index (χ0v) is 19.7. The number of ether oxygens (including phenoxy) is 2. The molecule has 0 unspecified atom stereocenters. The number of carbonyl (C=O) groups excluding carboxylic acids is 3. The Balaban J connectivity index is 2.11. The number of esters is 1. The summed E-state index contributed by atoms with van der Waals surface area (Å²) in [6, 6.07) is 11.5. The average molecular weight is 561 g/mol. The molecule has 0 aliphatic carbocycles. The number of hydrogen-bond donors (Lipinski definition) is 3. The summed E-state index contributed by atoms with van der Waals surface area (Å²) in [5.74, 6) is -1.21. The van der Waals surface area contributed by atoms with Crippen LogP contribution < -0.4 is 5.32 Å². The fraction of sp³-hybridized carbons (Fsp3) is 0.250. The van der Waals surface area contributed by atoms with E-state index in [1.165, 1.54) is 0 Å². The standard InChI is InChI=1S/C20H19Br2NO6S/c21-13-9-14(18(25)15(22)10-13)16(7-4-8-28-17(24)11-30)29-20(27)23-19(26)12-5-2-1-3-6-12/h1-3,5-6,9-10,16,25,30H,4,7-8,11H2,(H,23,26,27)/t16-/m0/s1. The fourth-order valence-electron chi connectivity index (χ4n) is 2.52. The largest absolute Gasteiger partial charge is 0.506 e. The van der Waals surface area contributed by atoms with E-state index in [1.807, 2.05) is 0 Å². The number of rotatable bonds is 8. The summed E-state index contributed by atoms with van der Waals surface area (Å²) in [5, 5.41) is 12.6. The summed E-state index contributed by atoms with van der Waals surface area (Å²) in [4.78, 5) is 35.7. The number of carbonyl (C=O) groups is 3. The van der Waals surface area contributed by atoms with E-state index >= 15 is 0 Å². The lowest BCUT2D eigenvalue weighted by Gasteiger charge is -2.20. The number of phenolic OH excluding ortho intramolecular Hbond substituents is 1. The second-order valence-electron chi connectivity index (χ2n) is 6.06. The third-order valence-corrected chi connectivity index (χ3v) is 5.23. The number of amides is 2. The van der Waals surface area contributed by atoms with E-state index in [-0.39, 0.29) is 24.5 Å². The Hall–Kier alpha value is -2.04. The molecule has 7 nitrogen and oxygen atoms in total. The van der Waals surface area contributed by atoms with E-state index in [2.05, 4.69) is 49.8 Å². The molecule has 2 aromatic carbocycles. The van der Waals surface area contributed by atoms with Gasteiger partial charge in [0.2, 0.25) is 0 Å². The molecule has 0 saturated carbocycles. The van der Waals surface area contributed by atoms with Crippen LogP contribution in [0.25, 0.3) is 0 Å². The first-order chi connectivity index (χ1) is 14.3. The van der Waals surface area contributed by atoms with Gasteiger partial charge in [0.15, 0.2) is 0 Å². The highest BCUT2D eigenvalue weighted by atomic mass is 79.9. The monoisotopic (exact) mass is 559 g/mol. The molecule has 0 aromatic heterocycles. The Morgan fingerprint density at radius 2 is 1.83 bits per heavy atom. The molecule has 0 aliphatic rings. The molecule has 10 heteroatoms. The van der Waals surface area contributed by atoms with Crippen molar-refractivity contribution in [1.82, 2.24) is 5.32 Å². The summed E-state index contributed by atoms with van der Waals surface area (Å²) in [7, 11) is 0. The number of imide groups is 1. The third-order valence-electron chi connectivity index (χ3n) is 3.91. The van der Waals surface area contributed by atoms with Crippen LogP contribution >= 0.6 is 44.5 Å². The molecule has 0 heterocycles. The number of aromatic hydroxyl groups is 1. The molecule has 160 valence electrons. The number of halogens is 2. The van der Waals surface area contributed by atoms with Crippen molar-refractivity contribution in [2.24, 2.45) is 0 Å². The van der Waals surface area contributed by atoms with Crippen LogP contribution in [-0.4, -0.2) is 35.4 Å². The van der Waals surface area contributed by atoms with Gasteiger partial charge in [0.05, 0.1) is 16.8 Å². The van der Waals surface area contributed by atoms with Crippen molar-refractivity contribution in [3.8, 4) is 5.75 Å². The molecule has 0 bridgehead atoms. The van der Waals surface area contributed by atoms with Gasteiger partial charge in [0.1, 0.15) is 11.9 Å². The summed E-state index contributed by atoms with van der Waals surface area (Å²) in [5.41, 5.74) is 0.636. The summed E-state index contributed by atoms with van der Waals surface area (Å²) >= 11 is 10.4. The van der Waals surface area contributed by atoms with Crippen molar-refractivity contribution in [2.75, 3.05) is 12.4 Å². The van der Waals surface area contributed by atoms with E-state index in [1.54, 1.807) is 42.5 Å². The minimum atomic E-state index is -0.961. The number of thiol groups is 1. The van der Waals surface area contributed by atoms with Gasteiger partial charge in [0, 0.05) is 15.6 Å². The maximum absolute atomic E-state index is 12.3. The Morgan fingerprint density at radius 3 is 2.50 bits per heavy atom. The molecule has 1 atom stereocenters. The molecule has 0 radical (unpaired) electrons. The first kappa shape index (κ1) is 24.2. The van der Waals surface area contributed by atoms with Gasteiger partial charge in [-0.1, -0.05) is 34.1 Å². The molecule has 30 heavy (non-hydrogen) atoms. The van der Waals surface area contributed by atoms with E-state index in [9.17, 15) is 19.5 Å². The lowest BCUT2D eigenvalue weighted by molar-refractivity contribution is -0.140. The zero-order chi connectivity index (χ0) is 22.1. The van der Waals surface area contributed by atoms with Crippen molar-refractivity contribution in [3.63, 3.8) is 0 Å². The summed E-state index contributed by atoms with van der Waals surface area (Å²) in [6.45, 7) is 0.0970. The summed E-state index contributed by atoms with van der Waals surface area (Å²) in [6.07, 6.45) is -1.26. The third kappa shape index (κ3) is 7.33. The minimum Gasteiger partial charge on any atom is -0.506 e. The van der Waals surface area contributed by atoms with Crippen molar-refractivity contribution >= 4 is 62.5 Å². The molecule has 0 fully saturated rings. The Bertz CT molecular complexity index is 910. The first-order valence-electron chi connectivity index (χ1n) is 8.83. The minimum absolute atomic E-state index is 0.0384. The molecule has 2 amide bonds. The molecule has 2 N–H and O–H groups in total. The number of alkyl carbamates (subject to hydrolysis) is 1. The molecule has 2 aromatic rings. The molecule has 2 rings (SSSR count). The van der Waals surface area contributed by atoms with Crippen LogP contribution in [0.2, 0.25) is 0 Å². The second-order valence-corrected chi connectivity index (χ2v) is 8.15. The fourth-order valence-corrected chi connectivity index (χ4v) is 3.87. The highest BCUT2D eigenvalue weighted by Crippen LogP contribution is 2.38. The number of phenols is 1. The number of hydrogen-bond acceptors (Lipinski definition) is 7. The first-order valence-corrected chi connectivity index (χ1v) is 11.0. The van der Waals surface area contributed by atoms with Gasteiger partial charge in [-0.25, -0.2) is 4.79 Å². The van der Waals surface area contributed by atoms with Crippen LogP contribution in [0.3, 0.4) is 0 Å². The van der Waals surface area contributed by atoms with Crippen molar-refractivity contribution < 1.29 is 29.0 Å². The molecular formula is C20H19Br2NO6S. The van der Waals surface area contributed by atoms with E-state index < -0.39 is 24.1 Å². The van der Waals surface area contributed by atoms with Crippen LogP contribution in [-0.2, 0) is 14.3 Å². The Labute approximate surface area is 195 Å². The van der Waals surface area contributed by atoms with Crippen LogP contribution in [0.5, 0.6) is 5.75 Å². The molecule has 0 spiro atoms. The maximum atomic E-state index is 12.3. The quantitative estimate of drug-likeness (QED) is 0.244. The normalized spacial score (nSPS) is 11.4. The number of nitrogens with one attached hydrogen (secondary N) is 1. The van der Waals surface area contributed by atoms with Gasteiger partial charge in [-0.05, 0) is 53.0 Å². The van der Waals surface area contributed by atoms with Crippen LogP contribution in [0.4, 0.5) is 4.79 Å². The topological polar surface area (TPSA) is 102 Å². The van der Waals surface area contributed by atoms with Gasteiger partial charge >= 0.3 is 12.1 Å². The van der Waals surface area contributed by atoms with Gasteiger partial charge in [-0.2, -0.15) is 12.6 Å². The van der Waals surface area contributed by atoms with Gasteiger partial charge in [-0.3, -0.25) is 14.9 Å². The van der Waals surface area contributed by atoms with Crippen LogP contribution in [0, 0.1) is 0 Å². The highest BCUT2D eigenvalue weighted by molar-refractivity contribution is 9.11. The molecule has 0 aliphatic heterocycles. The average Bonchev–Trinajstić information content (AvgIpc) is 2.73. The SMILES string of the molecule is O=C(CS)OCCC[C@H](OC(=O)NC(=O)c1ccccc1)c1cc(Br)cc(Br)c1O. The van der Waals surface area contributed by atoms with E-state index in [0.29, 0.717) is 26.5 Å². The predicted molar refractivity (Wildman–Crippen MR) is 121 cm³/mol. The van der Waals surface area contributed by atoms with Gasteiger partial charge in [0.25, 0.3) is 5.91 Å². The lowest BCUT2D eigenvalue weighted by atomic mass is 10.0. The van der Waals surface area contributed by atoms with Crippen LogP contribution in [0.15, 0.2) is 51.4 Å². The van der Waals surface area contributed by atoms with E-state index in [0.717, 1.165) is 0 Å². The van der Waals surface area contributed by atoms with Gasteiger partial charge < -0.3 is 14.6 Å². The molecular weight excluding hydrogens is 542 g/mol. The van der Waals surface area contributed by atoms with Crippen molar-refractivity contribution in [1.29, 1.82) is 0 Å². The second kappa shape index (κ2) is 12.0. The number of benzene rings is 2. The maximum Gasteiger partial charge on any atom is 0.414 e. The predicted octanol–water partition coefficient (Wildman–Crippen LogP) is 4.78. The smallest absolute Gasteiger partial charge is 0.414 e. The molecule has 0 saturated heterocycles. The Kier molecular flexibility index (Phi) is 9.67. The zero-order valence-electron chi connectivity index (χ0n) is 15.6. The van der Waals surface area contributed by atoms with Gasteiger partial charge in [-0.15, -0.1) is 0 Å². The summed E-state index contributed by atoms with van der Waals surface area (Å²) < 4.78 is 11.5. The van der Waals surface area contributed by atoms with Crippen molar-refractivity contribution in [2.45, 2.75) is 18.9 Å². The van der Waals surface area contributed by atoms with Crippen LogP contribution in [0.1, 0.15) is 34.9 Å². The highest BCUT2D eigenvalue weighted by Gasteiger charge is 2.23.